The number of fused-ring (bicyclic) bond motifs is 1. The fraction of sp³-hybridized carbons (Fsp3) is 0.417. The van der Waals surface area contributed by atoms with Crippen LogP contribution in [0.2, 0.25) is 0 Å². The predicted octanol–water partition coefficient (Wildman–Crippen LogP) is 3.69. The predicted molar refractivity (Wildman–Crippen MR) is 116 cm³/mol. The minimum Gasteiger partial charge on any atom is -0.365 e. The van der Waals surface area contributed by atoms with Crippen molar-refractivity contribution in [2.24, 2.45) is 5.92 Å². The van der Waals surface area contributed by atoms with E-state index in [-0.39, 0.29) is 11.8 Å². The van der Waals surface area contributed by atoms with Gasteiger partial charge in [-0.05, 0) is 30.0 Å². The van der Waals surface area contributed by atoms with Crippen LogP contribution in [0.3, 0.4) is 0 Å². The third-order valence-electron chi connectivity index (χ3n) is 5.82. The monoisotopic (exact) mass is 391 g/mol. The first-order chi connectivity index (χ1) is 14.1. The molecule has 2 aromatic rings. The number of carbonyl (C=O) groups is 2. The van der Waals surface area contributed by atoms with Crippen molar-refractivity contribution in [3.63, 3.8) is 0 Å². The van der Waals surface area contributed by atoms with Gasteiger partial charge in [0, 0.05) is 45.6 Å². The van der Waals surface area contributed by atoms with Gasteiger partial charge in [-0.1, -0.05) is 49.4 Å². The molecule has 0 spiro atoms. The van der Waals surface area contributed by atoms with Gasteiger partial charge in [-0.3, -0.25) is 9.59 Å². The SMILES string of the molecule is C[C@H]1CN(Cc2ccccc2)c2ccccc2N(C(=O)CCN2CCCC2=O)C1. The number of benzene rings is 2. The van der Waals surface area contributed by atoms with Crippen molar-refractivity contribution in [3.05, 3.63) is 60.2 Å². The molecule has 5 heteroatoms. The first-order valence-electron chi connectivity index (χ1n) is 10.6. The number of anilines is 2. The number of carbonyl (C=O) groups excluding carboxylic acids is 2. The zero-order valence-corrected chi connectivity index (χ0v) is 17.1. The molecule has 0 bridgehead atoms. The van der Waals surface area contributed by atoms with Crippen LogP contribution in [0.4, 0.5) is 11.4 Å². The van der Waals surface area contributed by atoms with Crippen LogP contribution in [-0.2, 0) is 16.1 Å². The highest BCUT2D eigenvalue weighted by molar-refractivity contribution is 5.97. The summed E-state index contributed by atoms with van der Waals surface area (Å²) >= 11 is 0. The van der Waals surface area contributed by atoms with Gasteiger partial charge in [0.1, 0.15) is 0 Å². The van der Waals surface area contributed by atoms with Gasteiger partial charge >= 0.3 is 0 Å². The zero-order chi connectivity index (χ0) is 20.2. The van der Waals surface area contributed by atoms with Gasteiger partial charge in [-0.15, -0.1) is 0 Å². The molecule has 1 fully saturated rings. The fourth-order valence-electron chi connectivity index (χ4n) is 4.40. The van der Waals surface area contributed by atoms with Gasteiger partial charge in [0.25, 0.3) is 0 Å². The number of para-hydroxylation sites is 2. The van der Waals surface area contributed by atoms with Gasteiger partial charge in [0.2, 0.25) is 11.8 Å². The largest absolute Gasteiger partial charge is 0.365 e. The summed E-state index contributed by atoms with van der Waals surface area (Å²) in [7, 11) is 0. The Kier molecular flexibility index (Phi) is 5.84. The Bertz CT molecular complexity index is 867. The minimum atomic E-state index is 0.102. The molecule has 1 atom stereocenters. The molecule has 0 aromatic heterocycles. The number of amides is 2. The van der Waals surface area contributed by atoms with Crippen LogP contribution in [0.15, 0.2) is 54.6 Å². The molecule has 2 heterocycles. The number of hydrogen-bond acceptors (Lipinski definition) is 3. The topological polar surface area (TPSA) is 43.9 Å². The van der Waals surface area contributed by atoms with Crippen molar-refractivity contribution in [2.45, 2.75) is 32.7 Å². The van der Waals surface area contributed by atoms with Crippen LogP contribution < -0.4 is 9.80 Å². The number of nitrogens with zero attached hydrogens (tertiary/aromatic N) is 3. The lowest BCUT2D eigenvalue weighted by Gasteiger charge is -2.27. The number of hydrogen-bond donors (Lipinski definition) is 0. The Labute approximate surface area is 172 Å². The Hall–Kier alpha value is -2.82. The number of likely N-dealkylation sites (tertiary alicyclic amines) is 1. The zero-order valence-electron chi connectivity index (χ0n) is 17.1. The maximum atomic E-state index is 13.2. The molecule has 2 aromatic carbocycles. The van der Waals surface area contributed by atoms with Crippen molar-refractivity contribution in [1.29, 1.82) is 0 Å². The molecule has 2 aliphatic rings. The second-order valence-electron chi connectivity index (χ2n) is 8.20. The second-order valence-corrected chi connectivity index (χ2v) is 8.20. The van der Waals surface area contributed by atoms with E-state index in [9.17, 15) is 9.59 Å². The van der Waals surface area contributed by atoms with Gasteiger partial charge in [-0.2, -0.15) is 0 Å². The summed E-state index contributed by atoms with van der Waals surface area (Å²) in [5.74, 6) is 0.630. The third-order valence-corrected chi connectivity index (χ3v) is 5.82. The lowest BCUT2D eigenvalue weighted by molar-refractivity contribution is -0.128. The molecule has 152 valence electrons. The van der Waals surface area contributed by atoms with Crippen molar-refractivity contribution in [1.82, 2.24) is 4.90 Å². The van der Waals surface area contributed by atoms with Gasteiger partial charge in [0.15, 0.2) is 0 Å². The van der Waals surface area contributed by atoms with E-state index in [1.54, 1.807) is 0 Å². The highest BCUT2D eigenvalue weighted by Crippen LogP contribution is 2.34. The number of rotatable bonds is 5. The highest BCUT2D eigenvalue weighted by Gasteiger charge is 2.29. The molecule has 1 saturated heterocycles. The smallest absolute Gasteiger partial charge is 0.228 e. The molecule has 0 aliphatic carbocycles. The molecule has 0 unspecified atom stereocenters. The van der Waals surface area contributed by atoms with E-state index in [1.165, 1.54) is 5.56 Å². The molecular weight excluding hydrogens is 362 g/mol. The van der Waals surface area contributed by atoms with Crippen molar-refractivity contribution < 1.29 is 9.59 Å². The quantitative estimate of drug-likeness (QED) is 0.781. The van der Waals surface area contributed by atoms with Crippen LogP contribution in [-0.4, -0.2) is 42.9 Å². The minimum absolute atomic E-state index is 0.102. The molecule has 0 saturated carbocycles. The Morgan fingerprint density at radius 2 is 1.69 bits per heavy atom. The van der Waals surface area contributed by atoms with E-state index in [1.807, 2.05) is 34.1 Å². The van der Waals surface area contributed by atoms with E-state index in [0.29, 0.717) is 31.8 Å². The summed E-state index contributed by atoms with van der Waals surface area (Å²) < 4.78 is 0. The summed E-state index contributed by atoms with van der Waals surface area (Å²) in [6.07, 6.45) is 1.91. The Balaban J connectivity index is 1.55. The highest BCUT2D eigenvalue weighted by atomic mass is 16.2. The molecule has 4 rings (SSSR count). The van der Waals surface area contributed by atoms with Crippen molar-refractivity contribution in [2.75, 3.05) is 36.0 Å². The molecule has 29 heavy (non-hydrogen) atoms. The first-order valence-corrected chi connectivity index (χ1v) is 10.6. The molecule has 5 nitrogen and oxygen atoms in total. The lowest BCUT2D eigenvalue weighted by atomic mass is 10.1. The van der Waals surface area contributed by atoms with E-state index >= 15 is 0 Å². The fourth-order valence-corrected chi connectivity index (χ4v) is 4.40. The van der Waals surface area contributed by atoms with Gasteiger partial charge in [-0.25, -0.2) is 0 Å². The lowest BCUT2D eigenvalue weighted by Crippen LogP contribution is -2.37. The Morgan fingerprint density at radius 3 is 2.41 bits per heavy atom. The van der Waals surface area contributed by atoms with E-state index < -0.39 is 0 Å². The van der Waals surface area contributed by atoms with E-state index in [4.69, 9.17) is 0 Å². The molecule has 0 N–H and O–H groups in total. The Morgan fingerprint density at radius 1 is 0.966 bits per heavy atom. The van der Waals surface area contributed by atoms with Crippen LogP contribution in [0, 0.1) is 5.92 Å². The van der Waals surface area contributed by atoms with Crippen molar-refractivity contribution >= 4 is 23.2 Å². The van der Waals surface area contributed by atoms with E-state index in [0.717, 1.165) is 37.4 Å². The van der Waals surface area contributed by atoms with Crippen LogP contribution in [0.1, 0.15) is 31.7 Å². The molecule has 2 aliphatic heterocycles. The van der Waals surface area contributed by atoms with Gasteiger partial charge < -0.3 is 14.7 Å². The summed E-state index contributed by atoms with van der Waals surface area (Å²) in [6.45, 7) is 5.94. The van der Waals surface area contributed by atoms with E-state index in [2.05, 4.69) is 42.2 Å². The van der Waals surface area contributed by atoms with Crippen LogP contribution in [0.5, 0.6) is 0 Å². The second kappa shape index (κ2) is 8.68. The first kappa shape index (κ1) is 19.5. The standard InChI is InChI=1S/C24H29N3O2/c1-19-16-26(18-20-8-3-2-4-9-20)21-10-5-6-11-22(21)27(17-19)24(29)13-15-25-14-7-12-23(25)28/h2-6,8-11,19H,7,12-18H2,1H3/t19-/m0/s1. The molecule has 2 amide bonds. The summed E-state index contributed by atoms with van der Waals surface area (Å²) in [5.41, 5.74) is 3.35. The van der Waals surface area contributed by atoms with Crippen molar-refractivity contribution in [3.8, 4) is 0 Å². The third kappa shape index (κ3) is 4.44. The summed E-state index contributed by atoms with van der Waals surface area (Å²) in [6, 6.07) is 18.7. The van der Waals surface area contributed by atoms with Gasteiger partial charge in [0.05, 0.1) is 11.4 Å². The van der Waals surface area contributed by atoms with Crippen LogP contribution >= 0.6 is 0 Å². The summed E-state index contributed by atoms with van der Waals surface area (Å²) in [4.78, 5) is 31.2. The average Bonchev–Trinajstić information content (AvgIpc) is 3.09. The normalized spacial score (nSPS) is 19.3. The maximum Gasteiger partial charge on any atom is 0.228 e. The molecular formula is C24H29N3O2. The molecule has 0 radical (unpaired) electrons. The summed E-state index contributed by atoms with van der Waals surface area (Å²) in [5, 5.41) is 0. The maximum absolute atomic E-state index is 13.2. The van der Waals surface area contributed by atoms with Crippen LogP contribution in [0.25, 0.3) is 0 Å². The average molecular weight is 392 g/mol.